The lowest BCUT2D eigenvalue weighted by Gasteiger charge is -2.23. The predicted octanol–water partition coefficient (Wildman–Crippen LogP) is 3.43. The van der Waals surface area contributed by atoms with Crippen molar-refractivity contribution in [1.29, 1.82) is 0 Å². The van der Waals surface area contributed by atoms with Crippen molar-refractivity contribution in [3.63, 3.8) is 0 Å². The fraction of sp³-hybridized carbons (Fsp3) is 0.583. The summed E-state index contributed by atoms with van der Waals surface area (Å²) in [7, 11) is 0. The zero-order chi connectivity index (χ0) is 12.8. The van der Waals surface area contributed by atoms with Crippen molar-refractivity contribution in [3.8, 4) is 0 Å². The summed E-state index contributed by atoms with van der Waals surface area (Å²) in [6, 6.07) is 2.55. The minimum Gasteiger partial charge on any atom is -0.355 e. The number of pyridine rings is 1. The van der Waals surface area contributed by atoms with Gasteiger partial charge in [-0.1, -0.05) is 13.8 Å². The zero-order valence-corrected chi connectivity index (χ0v) is 13.7. The normalized spacial score (nSPS) is 10.9. The van der Waals surface area contributed by atoms with Crippen molar-refractivity contribution in [3.05, 3.63) is 21.2 Å². The maximum atomic E-state index is 4.45. The maximum absolute atomic E-state index is 4.45. The summed E-state index contributed by atoms with van der Waals surface area (Å²) in [4.78, 5) is 6.71. The first kappa shape index (κ1) is 14.9. The third-order valence-electron chi connectivity index (χ3n) is 2.40. The van der Waals surface area contributed by atoms with Crippen LogP contribution in [-0.4, -0.2) is 30.7 Å². The first-order chi connectivity index (χ1) is 8.04. The molecule has 0 saturated carbocycles. The van der Waals surface area contributed by atoms with Gasteiger partial charge >= 0.3 is 0 Å². The van der Waals surface area contributed by atoms with Gasteiger partial charge in [-0.15, -0.1) is 0 Å². The Morgan fingerprint density at radius 1 is 1.41 bits per heavy atom. The van der Waals surface area contributed by atoms with E-state index < -0.39 is 0 Å². The Kier molecular flexibility index (Phi) is 6.44. The number of halogens is 2. The van der Waals surface area contributed by atoms with Gasteiger partial charge in [-0.05, 0) is 44.8 Å². The zero-order valence-electron chi connectivity index (χ0n) is 10.5. The molecule has 0 amide bonds. The van der Waals surface area contributed by atoms with E-state index in [0.717, 1.165) is 34.4 Å². The van der Waals surface area contributed by atoms with Crippen molar-refractivity contribution in [2.75, 3.05) is 24.5 Å². The van der Waals surface area contributed by atoms with Crippen LogP contribution in [0.1, 0.15) is 20.8 Å². The number of likely N-dealkylation sites (N-methyl/N-ethyl adjacent to an activating group) is 1. The van der Waals surface area contributed by atoms with Crippen LogP contribution >= 0.6 is 31.9 Å². The van der Waals surface area contributed by atoms with E-state index in [1.54, 1.807) is 0 Å². The molecule has 0 atom stereocenters. The molecule has 0 aliphatic carbocycles. The van der Waals surface area contributed by atoms with E-state index in [4.69, 9.17) is 0 Å². The molecule has 1 rings (SSSR count). The second kappa shape index (κ2) is 7.34. The molecular weight excluding hydrogens is 346 g/mol. The molecule has 1 heterocycles. The molecule has 1 N–H and O–H groups in total. The number of hydrogen-bond acceptors (Lipinski definition) is 3. The molecule has 0 aliphatic rings. The van der Waals surface area contributed by atoms with Gasteiger partial charge in [0.2, 0.25) is 0 Å². The van der Waals surface area contributed by atoms with Gasteiger partial charge in [0.15, 0.2) is 0 Å². The number of nitrogens with zero attached hydrogens (tertiary/aromatic N) is 2. The molecule has 1 aromatic heterocycles. The molecule has 0 unspecified atom stereocenters. The molecule has 0 fully saturated rings. The van der Waals surface area contributed by atoms with E-state index in [0.29, 0.717) is 6.04 Å². The van der Waals surface area contributed by atoms with Crippen LogP contribution < -0.4 is 10.2 Å². The molecule has 0 bridgehead atoms. The minimum absolute atomic E-state index is 0.523. The van der Waals surface area contributed by atoms with Gasteiger partial charge in [-0.3, -0.25) is 0 Å². The molecule has 3 nitrogen and oxygen atoms in total. The summed E-state index contributed by atoms with van der Waals surface area (Å²) >= 11 is 6.97. The van der Waals surface area contributed by atoms with Crippen molar-refractivity contribution >= 4 is 37.7 Å². The van der Waals surface area contributed by atoms with Gasteiger partial charge in [0.1, 0.15) is 5.82 Å². The fourth-order valence-electron chi connectivity index (χ4n) is 1.54. The third-order valence-corrected chi connectivity index (χ3v) is 3.42. The van der Waals surface area contributed by atoms with E-state index in [1.165, 1.54) is 0 Å². The first-order valence-corrected chi connectivity index (χ1v) is 7.42. The summed E-state index contributed by atoms with van der Waals surface area (Å²) in [5.41, 5.74) is 0. The Bertz CT molecular complexity index is 356. The molecule has 96 valence electrons. The van der Waals surface area contributed by atoms with E-state index in [-0.39, 0.29) is 0 Å². The number of aromatic nitrogens is 1. The molecule has 1 aromatic rings. The number of nitrogens with one attached hydrogen (secondary N) is 1. The largest absolute Gasteiger partial charge is 0.355 e. The van der Waals surface area contributed by atoms with E-state index in [9.17, 15) is 0 Å². The van der Waals surface area contributed by atoms with Crippen LogP contribution in [0.4, 0.5) is 5.82 Å². The van der Waals surface area contributed by atoms with Crippen LogP contribution in [0.25, 0.3) is 0 Å². The Morgan fingerprint density at radius 3 is 2.65 bits per heavy atom. The monoisotopic (exact) mass is 363 g/mol. The molecule has 0 spiro atoms. The van der Waals surface area contributed by atoms with Gasteiger partial charge in [-0.2, -0.15) is 0 Å². The Balaban J connectivity index is 2.66. The highest BCUT2D eigenvalue weighted by Crippen LogP contribution is 2.26. The molecule has 0 radical (unpaired) electrons. The first-order valence-electron chi connectivity index (χ1n) is 5.84. The van der Waals surface area contributed by atoms with Crippen LogP contribution in [0.15, 0.2) is 21.2 Å². The highest BCUT2D eigenvalue weighted by molar-refractivity contribution is 9.11. The summed E-state index contributed by atoms with van der Waals surface area (Å²) in [6.07, 6.45) is 1.83. The van der Waals surface area contributed by atoms with E-state index in [2.05, 4.69) is 67.8 Å². The highest BCUT2D eigenvalue weighted by Gasteiger charge is 2.10. The molecule has 17 heavy (non-hydrogen) atoms. The van der Waals surface area contributed by atoms with Crippen molar-refractivity contribution in [2.24, 2.45) is 0 Å². The van der Waals surface area contributed by atoms with E-state index in [1.807, 2.05) is 12.3 Å². The van der Waals surface area contributed by atoms with Crippen molar-refractivity contribution in [2.45, 2.75) is 26.8 Å². The average molecular weight is 365 g/mol. The van der Waals surface area contributed by atoms with Gasteiger partial charge in [-0.25, -0.2) is 4.98 Å². The predicted molar refractivity (Wildman–Crippen MR) is 80.7 cm³/mol. The summed E-state index contributed by atoms with van der Waals surface area (Å²) in [6.45, 7) is 9.34. The van der Waals surface area contributed by atoms with E-state index >= 15 is 0 Å². The molecule has 0 saturated heterocycles. The van der Waals surface area contributed by atoms with Gasteiger partial charge in [0, 0.05) is 36.3 Å². The molecule has 0 aromatic carbocycles. The molecule has 0 aliphatic heterocycles. The lowest BCUT2D eigenvalue weighted by molar-refractivity contribution is 0.582. The Morgan fingerprint density at radius 2 is 2.12 bits per heavy atom. The topological polar surface area (TPSA) is 28.2 Å². The number of anilines is 1. The second-order valence-corrected chi connectivity index (χ2v) is 5.92. The SMILES string of the molecule is CCN(CCNC(C)C)c1ncc(Br)cc1Br. The van der Waals surface area contributed by atoms with Crippen molar-refractivity contribution < 1.29 is 0 Å². The minimum atomic E-state index is 0.523. The smallest absolute Gasteiger partial charge is 0.142 e. The maximum Gasteiger partial charge on any atom is 0.142 e. The van der Waals surface area contributed by atoms with Crippen LogP contribution in [0, 0.1) is 0 Å². The average Bonchev–Trinajstić information content (AvgIpc) is 2.25. The summed E-state index contributed by atoms with van der Waals surface area (Å²) < 4.78 is 2.02. The molecule has 5 heteroatoms. The Labute approximate surface area is 120 Å². The third kappa shape index (κ3) is 4.94. The van der Waals surface area contributed by atoms with Crippen LogP contribution in [0.5, 0.6) is 0 Å². The van der Waals surface area contributed by atoms with Gasteiger partial charge < -0.3 is 10.2 Å². The summed E-state index contributed by atoms with van der Waals surface area (Å²) in [5, 5.41) is 3.42. The quantitative estimate of drug-likeness (QED) is 0.838. The second-order valence-electron chi connectivity index (χ2n) is 4.15. The van der Waals surface area contributed by atoms with Gasteiger partial charge in [0.25, 0.3) is 0 Å². The number of hydrogen-bond donors (Lipinski definition) is 1. The lowest BCUT2D eigenvalue weighted by Crippen LogP contribution is -2.35. The van der Waals surface area contributed by atoms with Crippen LogP contribution in [-0.2, 0) is 0 Å². The van der Waals surface area contributed by atoms with Crippen LogP contribution in [0.3, 0.4) is 0 Å². The standard InChI is InChI=1S/C12H19Br2N3/c1-4-17(6-5-15-9(2)3)12-11(14)7-10(13)8-16-12/h7-9,15H,4-6H2,1-3H3. The van der Waals surface area contributed by atoms with Crippen LogP contribution in [0.2, 0.25) is 0 Å². The summed E-state index contributed by atoms with van der Waals surface area (Å²) in [5.74, 6) is 1.00. The number of rotatable bonds is 6. The van der Waals surface area contributed by atoms with Gasteiger partial charge in [0.05, 0.1) is 4.47 Å². The van der Waals surface area contributed by atoms with Crippen molar-refractivity contribution in [1.82, 2.24) is 10.3 Å². The molecular formula is C12H19Br2N3. The Hall–Kier alpha value is -0.130. The lowest BCUT2D eigenvalue weighted by atomic mass is 10.3. The highest BCUT2D eigenvalue weighted by atomic mass is 79.9. The fourth-order valence-corrected chi connectivity index (χ4v) is 2.78.